The number of benzene rings is 2. The predicted octanol–water partition coefficient (Wildman–Crippen LogP) is 3.88. The van der Waals surface area contributed by atoms with Crippen molar-refractivity contribution in [3.05, 3.63) is 88.4 Å². The van der Waals surface area contributed by atoms with Gasteiger partial charge in [-0.3, -0.25) is 19.6 Å². The molecule has 0 radical (unpaired) electrons. The van der Waals surface area contributed by atoms with Crippen LogP contribution in [-0.4, -0.2) is 159 Å². The lowest BCUT2D eigenvalue weighted by Crippen LogP contribution is -2.64. The van der Waals surface area contributed by atoms with Crippen LogP contribution in [0.2, 0.25) is 0 Å². The summed E-state index contributed by atoms with van der Waals surface area (Å²) in [6.45, 7) is 3.64. The molecule has 74 heavy (non-hydrogen) atoms. The molecule has 4 heterocycles. The van der Waals surface area contributed by atoms with E-state index >= 15 is 0 Å². The van der Waals surface area contributed by atoms with Gasteiger partial charge < -0.3 is 63.6 Å². The summed E-state index contributed by atoms with van der Waals surface area (Å²) in [7, 11) is 0. The quantitative estimate of drug-likeness (QED) is 0.0282. The van der Waals surface area contributed by atoms with Gasteiger partial charge in [0.15, 0.2) is 24.8 Å². The van der Waals surface area contributed by atoms with Crippen molar-refractivity contribution < 1.29 is 78.4 Å². The molecule has 6 N–H and O–H groups in total. The standard InChI is InChI=1S/C52H69N5O17/c1-29-23-34(38(59)16-10-9-15-35-27-56(54-53-35)22-21-55-20-19-33-25-36(57(67)68)17-18-37(33)55)26-39(46(29)74-51-45(63)44(62)42(60)30(2)69-51)71-52-48(73-50(66)32-13-7-4-8-14-32)47(43(61)41(28-58)72-52)70-40(49(64)65)24-31-11-5-3-6-12-31/h4,7-8,13-14,17-20,25,27,29-31,34,39-48,51-52,58,60-63H,3,5-6,9-12,15-16,21-24,26,28H2,1-2H3,(H,64,65)/t29?,30?,34?,39-,40+,41+,42-,43+,44+,45?,46-,47?,48?,51+,52-/m1/s1. The van der Waals surface area contributed by atoms with Crippen LogP contribution in [0.3, 0.4) is 0 Å². The molecule has 0 amide bonds. The van der Waals surface area contributed by atoms with Crippen molar-refractivity contribution in [2.75, 3.05) is 6.61 Å². The molecule has 4 aromatic rings. The fourth-order valence-electron chi connectivity index (χ4n) is 10.9. The average Bonchev–Trinajstić information content (AvgIpc) is 4.04. The van der Waals surface area contributed by atoms with Crippen LogP contribution in [0, 0.1) is 27.9 Å². The summed E-state index contributed by atoms with van der Waals surface area (Å²) < 4.78 is 41.3. The Morgan fingerprint density at radius 2 is 1.64 bits per heavy atom. The van der Waals surface area contributed by atoms with Gasteiger partial charge in [-0.15, -0.1) is 5.10 Å². The number of aromatic nitrogens is 4. The minimum absolute atomic E-state index is 0.0236. The first-order chi connectivity index (χ1) is 35.6. The van der Waals surface area contributed by atoms with E-state index in [1.54, 1.807) is 28.9 Å². The number of unbranched alkanes of at least 4 members (excludes halogenated alkanes) is 1. The molecular formula is C52H69N5O17. The monoisotopic (exact) mass is 1040 g/mol. The van der Waals surface area contributed by atoms with E-state index in [-0.39, 0.29) is 42.2 Å². The molecule has 6 unspecified atom stereocenters. The summed E-state index contributed by atoms with van der Waals surface area (Å²) in [5, 5.41) is 85.5. The van der Waals surface area contributed by atoms with Crippen LogP contribution in [0.4, 0.5) is 5.69 Å². The maximum Gasteiger partial charge on any atom is 0.338 e. The Bertz CT molecular complexity index is 2500. The average molecular weight is 1040 g/mol. The number of fused-ring (bicyclic) bond motifs is 1. The Morgan fingerprint density at radius 1 is 0.865 bits per heavy atom. The zero-order chi connectivity index (χ0) is 52.6. The lowest BCUT2D eigenvalue weighted by atomic mass is 9.75. The van der Waals surface area contributed by atoms with Crippen LogP contribution >= 0.6 is 0 Å². The third-order valence-electron chi connectivity index (χ3n) is 15.1. The van der Waals surface area contributed by atoms with Crippen molar-refractivity contribution in [3.8, 4) is 0 Å². The highest BCUT2D eigenvalue weighted by Gasteiger charge is 2.54. The number of rotatable bonds is 22. The van der Waals surface area contributed by atoms with Gasteiger partial charge in [-0.2, -0.15) is 0 Å². The summed E-state index contributed by atoms with van der Waals surface area (Å²) in [5.74, 6) is -3.26. The van der Waals surface area contributed by atoms with Crippen molar-refractivity contribution in [1.82, 2.24) is 19.6 Å². The number of ketones is 1. The largest absolute Gasteiger partial charge is 0.479 e. The summed E-state index contributed by atoms with van der Waals surface area (Å²) in [6.07, 6.45) is -8.00. The number of nitro benzene ring substituents is 1. The number of nitrogens with zero attached hydrogens (tertiary/aromatic N) is 5. The molecule has 404 valence electrons. The Balaban J connectivity index is 0.976. The number of carbonyl (C=O) groups excluding carboxylic acids is 2. The molecule has 22 nitrogen and oxygen atoms in total. The number of aryl methyl sites for hydroxylation is 3. The molecule has 22 heteroatoms. The van der Waals surface area contributed by atoms with Crippen LogP contribution < -0.4 is 0 Å². The molecule has 4 fully saturated rings. The molecule has 2 saturated carbocycles. The lowest BCUT2D eigenvalue weighted by Gasteiger charge is -2.48. The van der Waals surface area contributed by atoms with Gasteiger partial charge in [0.1, 0.15) is 42.4 Å². The van der Waals surface area contributed by atoms with Gasteiger partial charge >= 0.3 is 11.9 Å². The SMILES string of the molecule is CC1O[C@@H](O[C@@H]2C(C)CC(C(=O)CCCCc3cn(CCn4ccc5cc([N+](=O)[O-])ccc54)nn3)C[C@H]2O[C@@H]2O[C@@H](CO)[C@H](O)C(O[C@@H](CC3CCCCC3)C(=O)O)C2OC(=O)c2ccccc2)C(O)[C@@H](O)[C@@H]1O. The molecule has 2 aliphatic heterocycles. The van der Waals surface area contributed by atoms with E-state index < -0.39 is 115 Å². The number of hydrogen-bond donors (Lipinski definition) is 6. The van der Waals surface area contributed by atoms with Crippen molar-refractivity contribution in [2.45, 2.75) is 184 Å². The van der Waals surface area contributed by atoms with E-state index in [1.165, 1.54) is 31.2 Å². The fourth-order valence-corrected chi connectivity index (χ4v) is 10.9. The summed E-state index contributed by atoms with van der Waals surface area (Å²) in [4.78, 5) is 51.7. The maximum absolute atomic E-state index is 14.2. The molecular weight excluding hydrogens is 967 g/mol. The van der Waals surface area contributed by atoms with Crippen LogP contribution in [0.25, 0.3) is 10.9 Å². The first kappa shape index (κ1) is 55.0. The normalized spacial score (nSPS) is 31.2. The number of aliphatic carboxylic acids is 1. The molecule has 0 spiro atoms. The highest BCUT2D eigenvalue weighted by molar-refractivity contribution is 5.89. The van der Waals surface area contributed by atoms with Gasteiger partial charge in [0.25, 0.3) is 5.69 Å². The topological polar surface area (TPSA) is 307 Å². The van der Waals surface area contributed by atoms with Crippen molar-refractivity contribution in [1.29, 1.82) is 0 Å². The van der Waals surface area contributed by atoms with Gasteiger partial charge in [-0.1, -0.05) is 62.4 Å². The number of ether oxygens (including phenoxy) is 6. The van der Waals surface area contributed by atoms with Crippen LogP contribution in [0.5, 0.6) is 0 Å². The number of carbonyl (C=O) groups is 3. The van der Waals surface area contributed by atoms with Gasteiger partial charge in [-0.05, 0) is 81.5 Å². The zero-order valence-electron chi connectivity index (χ0n) is 41.6. The summed E-state index contributed by atoms with van der Waals surface area (Å²) in [6, 6.07) is 14.5. The van der Waals surface area contributed by atoms with Crippen LogP contribution in [0.15, 0.2) is 67.0 Å². The number of aliphatic hydroxyl groups is 5. The van der Waals surface area contributed by atoms with E-state index in [4.69, 9.17) is 28.4 Å². The minimum Gasteiger partial charge on any atom is -0.479 e. The maximum atomic E-state index is 14.2. The van der Waals surface area contributed by atoms with Gasteiger partial charge in [0.05, 0.1) is 47.6 Å². The number of nitro groups is 1. The number of esters is 1. The number of non-ortho nitro benzene ring substituents is 1. The molecule has 2 aromatic carbocycles. The first-order valence-corrected chi connectivity index (χ1v) is 25.8. The van der Waals surface area contributed by atoms with Crippen LogP contribution in [0.1, 0.15) is 101 Å². The molecule has 8 rings (SSSR count). The smallest absolute Gasteiger partial charge is 0.338 e. The van der Waals surface area contributed by atoms with Crippen molar-refractivity contribution >= 4 is 34.3 Å². The Kier molecular flexibility index (Phi) is 18.6. The molecule has 0 bridgehead atoms. The number of aliphatic hydroxyl groups excluding tert-OH is 5. The Morgan fingerprint density at radius 3 is 2.36 bits per heavy atom. The predicted molar refractivity (Wildman–Crippen MR) is 260 cm³/mol. The second kappa shape index (κ2) is 25.0. The van der Waals surface area contributed by atoms with Crippen LogP contribution in [-0.2, 0) is 57.5 Å². The van der Waals surface area contributed by atoms with Gasteiger partial charge in [0.2, 0.25) is 0 Å². The molecule has 2 saturated heterocycles. The number of carboxylic acid groups (broad SMARTS) is 1. The van der Waals surface area contributed by atoms with E-state index in [0.29, 0.717) is 38.8 Å². The Hall–Kier alpha value is -5.27. The third-order valence-corrected chi connectivity index (χ3v) is 15.1. The third kappa shape index (κ3) is 13.2. The van der Waals surface area contributed by atoms with Gasteiger partial charge in [-0.25, -0.2) is 9.59 Å². The summed E-state index contributed by atoms with van der Waals surface area (Å²) in [5.41, 5.74) is 1.76. The number of hydrogen-bond acceptors (Lipinski definition) is 18. The fraction of sp³-hybridized carbons (Fsp3) is 0.635. The molecule has 2 aromatic heterocycles. The number of carboxylic acids is 1. The molecule has 15 atom stereocenters. The second-order valence-electron chi connectivity index (χ2n) is 20.4. The van der Waals surface area contributed by atoms with Crippen molar-refractivity contribution in [2.24, 2.45) is 17.8 Å². The number of Topliss-reactive ketones (excluding diaryl/α,β-unsaturated/α-hetero) is 1. The van der Waals surface area contributed by atoms with E-state index in [2.05, 4.69) is 10.3 Å². The van der Waals surface area contributed by atoms with E-state index in [1.807, 2.05) is 30.0 Å². The van der Waals surface area contributed by atoms with Gasteiger partial charge in [0, 0.05) is 54.3 Å². The second-order valence-corrected chi connectivity index (χ2v) is 20.4. The van der Waals surface area contributed by atoms with Crippen molar-refractivity contribution in [3.63, 3.8) is 0 Å². The lowest BCUT2D eigenvalue weighted by molar-refractivity contribution is -0.384. The van der Waals surface area contributed by atoms with E-state index in [9.17, 15) is 55.1 Å². The Labute approximate surface area is 427 Å². The summed E-state index contributed by atoms with van der Waals surface area (Å²) >= 11 is 0. The molecule has 2 aliphatic carbocycles. The first-order valence-electron chi connectivity index (χ1n) is 25.8. The highest BCUT2D eigenvalue weighted by Crippen LogP contribution is 2.40. The molecule has 4 aliphatic rings. The van der Waals surface area contributed by atoms with E-state index in [0.717, 1.165) is 48.7 Å². The zero-order valence-corrected chi connectivity index (χ0v) is 41.6. The minimum atomic E-state index is -1.70. The highest BCUT2D eigenvalue weighted by atomic mass is 16.7.